The van der Waals surface area contributed by atoms with Crippen molar-refractivity contribution in [1.82, 2.24) is 0 Å². The maximum atomic E-state index is 13.8. The van der Waals surface area contributed by atoms with Crippen molar-refractivity contribution in [1.29, 1.82) is 0 Å². The zero-order valence-corrected chi connectivity index (χ0v) is 10.8. The van der Waals surface area contributed by atoms with E-state index >= 15 is 0 Å². The van der Waals surface area contributed by atoms with Crippen molar-refractivity contribution in [2.24, 2.45) is 0 Å². The van der Waals surface area contributed by atoms with E-state index in [0.29, 0.717) is 19.1 Å². The summed E-state index contributed by atoms with van der Waals surface area (Å²) in [5.41, 5.74) is -1.12. The Kier molecular flexibility index (Phi) is 3.85. The van der Waals surface area contributed by atoms with Crippen molar-refractivity contribution in [3.05, 3.63) is 29.3 Å². The summed E-state index contributed by atoms with van der Waals surface area (Å²) in [5, 5.41) is 10.3. The Bertz CT molecular complexity index is 461. The van der Waals surface area contributed by atoms with Gasteiger partial charge in [-0.05, 0) is 25.0 Å². The van der Waals surface area contributed by atoms with Crippen molar-refractivity contribution in [2.75, 3.05) is 18.5 Å². The van der Waals surface area contributed by atoms with Gasteiger partial charge in [-0.1, -0.05) is 12.8 Å². The van der Waals surface area contributed by atoms with Crippen LogP contribution in [0.5, 0.6) is 0 Å². The zero-order valence-electron chi connectivity index (χ0n) is 10.8. The molecule has 0 heterocycles. The molecule has 19 heavy (non-hydrogen) atoms. The second-order valence-electron chi connectivity index (χ2n) is 5.24. The molecule has 0 amide bonds. The zero-order chi connectivity index (χ0) is 14.0. The molecule has 1 aromatic rings. The van der Waals surface area contributed by atoms with E-state index in [1.807, 2.05) is 0 Å². The van der Waals surface area contributed by atoms with Crippen LogP contribution in [0, 0.1) is 11.6 Å². The number of anilines is 1. The van der Waals surface area contributed by atoms with Gasteiger partial charge in [0.25, 0.3) is 0 Å². The van der Waals surface area contributed by atoms with Crippen molar-refractivity contribution < 1.29 is 18.7 Å². The standard InChI is InChI=1S/C14H17F2NO2/c1-17(9-14(19)4-2-3-5-14)13-11(15)6-10(8-18)7-12(13)16/h6-8,19H,2-5,9H2,1H3. The van der Waals surface area contributed by atoms with Gasteiger partial charge in [-0.15, -0.1) is 0 Å². The van der Waals surface area contributed by atoms with Crippen molar-refractivity contribution in [3.63, 3.8) is 0 Å². The molecule has 0 radical (unpaired) electrons. The van der Waals surface area contributed by atoms with E-state index in [9.17, 15) is 18.7 Å². The van der Waals surface area contributed by atoms with Crippen LogP contribution in [0.25, 0.3) is 0 Å². The first kappa shape index (κ1) is 13.9. The molecule has 0 spiro atoms. The molecule has 0 aromatic heterocycles. The van der Waals surface area contributed by atoms with Gasteiger partial charge in [0.05, 0.1) is 5.60 Å². The fourth-order valence-electron chi connectivity index (χ4n) is 2.73. The normalized spacial score (nSPS) is 17.5. The van der Waals surface area contributed by atoms with Crippen LogP contribution in [0.15, 0.2) is 12.1 Å². The monoisotopic (exact) mass is 269 g/mol. The number of aldehydes is 1. The molecule has 1 fully saturated rings. The maximum Gasteiger partial charge on any atom is 0.150 e. The predicted molar refractivity (Wildman–Crippen MR) is 68.4 cm³/mol. The van der Waals surface area contributed by atoms with E-state index in [4.69, 9.17) is 0 Å². The van der Waals surface area contributed by atoms with Gasteiger partial charge in [-0.2, -0.15) is 0 Å². The Morgan fingerprint density at radius 1 is 1.32 bits per heavy atom. The molecule has 104 valence electrons. The molecular formula is C14H17F2NO2. The fraction of sp³-hybridized carbons (Fsp3) is 0.500. The highest BCUT2D eigenvalue weighted by Gasteiger charge is 2.33. The number of hydrogen-bond donors (Lipinski definition) is 1. The molecule has 1 aromatic carbocycles. The van der Waals surface area contributed by atoms with Crippen LogP contribution in [-0.2, 0) is 0 Å². The third-order valence-corrected chi connectivity index (χ3v) is 3.62. The highest BCUT2D eigenvalue weighted by molar-refractivity contribution is 5.76. The van der Waals surface area contributed by atoms with Crippen LogP contribution in [0.3, 0.4) is 0 Å². The molecule has 0 aliphatic heterocycles. The van der Waals surface area contributed by atoms with E-state index in [1.165, 1.54) is 4.90 Å². The number of aliphatic hydroxyl groups is 1. The quantitative estimate of drug-likeness (QED) is 0.854. The summed E-state index contributed by atoms with van der Waals surface area (Å²) >= 11 is 0. The summed E-state index contributed by atoms with van der Waals surface area (Å²) in [4.78, 5) is 11.9. The minimum atomic E-state index is -0.878. The van der Waals surface area contributed by atoms with E-state index < -0.39 is 17.2 Å². The topological polar surface area (TPSA) is 40.5 Å². The number of carbonyl (C=O) groups is 1. The van der Waals surface area contributed by atoms with E-state index in [2.05, 4.69) is 0 Å². The van der Waals surface area contributed by atoms with Crippen LogP contribution in [0.2, 0.25) is 0 Å². The first-order valence-corrected chi connectivity index (χ1v) is 6.33. The number of nitrogens with zero attached hydrogens (tertiary/aromatic N) is 1. The number of halogens is 2. The molecular weight excluding hydrogens is 252 g/mol. The molecule has 0 bridgehead atoms. The van der Waals surface area contributed by atoms with Gasteiger partial charge in [0.15, 0.2) is 0 Å². The molecule has 0 atom stereocenters. The van der Waals surface area contributed by atoms with E-state index in [1.54, 1.807) is 7.05 Å². The summed E-state index contributed by atoms with van der Waals surface area (Å²) in [6.07, 6.45) is 3.55. The minimum Gasteiger partial charge on any atom is -0.388 e. The predicted octanol–water partition coefficient (Wildman–Crippen LogP) is 2.52. The van der Waals surface area contributed by atoms with Gasteiger partial charge in [0.2, 0.25) is 0 Å². The van der Waals surface area contributed by atoms with Gasteiger partial charge >= 0.3 is 0 Å². The largest absolute Gasteiger partial charge is 0.388 e. The molecule has 1 aliphatic rings. The van der Waals surface area contributed by atoms with Gasteiger partial charge in [0.1, 0.15) is 23.6 Å². The second-order valence-corrected chi connectivity index (χ2v) is 5.24. The fourth-order valence-corrected chi connectivity index (χ4v) is 2.73. The molecule has 1 aliphatic carbocycles. The summed E-state index contributed by atoms with van der Waals surface area (Å²) in [7, 11) is 1.54. The van der Waals surface area contributed by atoms with Gasteiger partial charge in [0, 0.05) is 19.2 Å². The highest BCUT2D eigenvalue weighted by Crippen LogP contribution is 2.32. The van der Waals surface area contributed by atoms with Crippen molar-refractivity contribution in [3.8, 4) is 0 Å². The lowest BCUT2D eigenvalue weighted by molar-refractivity contribution is 0.0557. The second kappa shape index (κ2) is 5.25. The Morgan fingerprint density at radius 2 is 1.84 bits per heavy atom. The van der Waals surface area contributed by atoms with Gasteiger partial charge in [-0.3, -0.25) is 4.79 Å². The lowest BCUT2D eigenvalue weighted by Crippen LogP contribution is -2.39. The van der Waals surface area contributed by atoms with E-state index in [0.717, 1.165) is 25.0 Å². The number of carbonyl (C=O) groups excluding carboxylic acids is 1. The summed E-state index contributed by atoms with van der Waals surface area (Å²) < 4.78 is 27.6. The molecule has 1 N–H and O–H groups in total. The summed E-state index contributed by atoms with van der Waals surface area (Å²) in [6, 6.07) is 2.00. The van der Waals surface area contributed by atoms with Crippen LogP contribution in [0.1, 0.15) is 36.0 Å². The first-order valence-electron chi connectivity index (χ1n) is 6.33. The minimum absolute atomic E-state index is 0.0354. The third kappa shape index (κ3) is 2.92. The Labute approximate surface area is 110 Å². The molecule has 1 saturated carbocycles. The van der Waals surface area contributed by atoms with Crippen molar-refractivity contribution in [2.45, 2.75) is 31.3 Å². The number of hydrogen-bond acceptors (Lipinski definition) is 3. The van der Waals surface area contributed by atoms with Crippen molar-refractivity contribution >= 4 is 12.0 Å². The molecule has 0 saturated heterocycles. The Hall–Kier alpha value is -1.49. The average Bonchev–Trinajstić information content (AvgIpc) is 2.74. The van der Waals surface area contributed by atoms with Gasteiger partial charge < -0.3 is 10.0 Å². The molecule has 5 heteroatoms. The lowest BCUT2D eigenvalue weighted by atomic mass is 10.0. The molecule has 3 nitrogen and oxygen atoms in total. The number of rotatable bonds is 4. The maximum absolute atomic E-state index is 13.8. The average molecular weight is 269 g/mol. The smallest absolute Gasteiger partial charge is 0.150 e. The number of benzene rings is 1. The van der Waals surface area contributed by atoms with Crippen LogP contribution in [-0.4, -0.2) is 30.6 Å². The third-order valence-electron chi connectivity index (χ3n) is 3.62. The van der Waals surface area contributed by atoms with Crippen LogP contribution in [0.4, 0.5) is 14.5 Å². The Balaban J connectivity index is 2.23. The lowest BCUT2D eigenvalue weighted by Gasteiger charge is -2.30. The number of likely N-dealkylation sites (N-methyl/N-ethyl adjacent to an activating group) is 1. The molecule has 0 unspecified atom stereocenters. The van der Waals surface area contributed by atoms with Crippen LogP contribution < -0.4 is 4.90 Å². The summed E-state index contributed by atoms with van der Waals surface area (Å²) in [5.74, 6) is -1.57. The first-order chi connectivity index (χ1) is 8.95. The Morgan fingerprint density at radius 3 is 2.32 bits per heavy atom. The van der Waals surface area contributed by atoms with Gasteiger partial charge in [-0.25, -0.2) is 8.78 Å². The SMILES string of the molecule is CN(CC1(O)CCCC1)c1c(F)cc(C=O)cc1F. The van der Waals surface area contributed by atoms with Crippen LogP contribution >= 0.6 is 0 Å². The molecule has 2 rings (SSSR count). The van der Waals surface area contributed by atoms with E-state index in [-0.39, 0.29) is 17.8 Å². The highest BCUT2D eigenvalue weighted by atomic mass is 19.1. The summed E-state index contributed by atoms with van der Waals surface area (Å²) in [6.45, 7) is 0.182.